The molecule has 6 nitrogen and oxygen atoms in total. The van der Waals surface area contributed by atoms with Gasteiger partial charge in [-0.1, -0.05) is 48.5 Å². The molecule has 0 unspecified atom stereocenters. The maximum atomic E-state index is 12.9. The number of rotatable bonds is 4. The average Bonchev–Trinajstić information content (AvgIpc) is 2.80. The van der Waals surface area contributed by atoms with Crippen molar-refractivity contribution in [1.29, 1.82) is 0 Å². The van der Waals surface area contributed by atoms with Crippen LogP contribution < -0.4 is 0 Å². The van der Waals surface area contributed by atoms with E-state index in [4.69, 9.17) is 0 Å². The Morgan fingerprint density at radius 2 is 1.71 bits per heavy atom. The lowest BCUT2D eigenvalue weighted by Crippen LogP contribution is -2.36. The molecule has 0 saturated carbocycles. The van der Waals surface area contributed by atoms with E-state index in [2.05, 4.69) is 0 Å². The fourth-order valence-electron chi connectivity index (χ4n) is 3.07. The lowest BCUT2D eigenvalue weighted by Gasteiger charge is -2.22. The normalized spacial score (nSPS) is 20.5. The smallest absolute Gasteiger partial charge is 0.274 e. The Morgan fingerprint density at radius 3 is 2.38 bits per heavy atom. The molecule has 122 valence electrons. The molecule has 0 aromatic heterocycles. The molecule has 2 amide bonds. The van der Waals surface area contributed by atoms with Gasteiger partial charge in [0.1, 0.15) is 0 Å². The van der Waals surface area contributed by atoms with Crippen molar-refractivity contribution in [3.05, 3.63) is 75.8 Å². The van der Waals surface area contributed by atoms with Crippen molar-refractivity contribution in [2.45, 2.75) is 25.3 Å². The number of imide groups is 1. The molecule has 1 saturated heterocycles. The van der Waals surface area contributed by atoms with Gasteiger partial charge in [0.25, 0.3) is 5.69 Å². The number of nitro groups is 1. The van der Waals surface area contributed by atoms with E-state index in [-0.39, 0.29) is 30.5 Å². The summed E-state index contributed by atoms with van der Waals surface area (Å²) in [5.74, 6) is -0.638. The van der Waals surface area contributed by atoms with Gasteiger partial charge < -0.3 is 0 Å². The van der Waals surface area contributed by atoms with E-state index < -0.39 is 10.3 Å². The van der Waals surface area contributed by atoms with Gasteiger partial charge in [-0.05, 0) is 12.5 Å². The molecule has 0 bridgehead atoms. The molecule has 3 rings (SSSR count). The number of nitro benzene ring substituents is 1. The zero-order valence-electron chi connectivity index (χ0n) is 13.1. The summed E-state index contributed by atoms with van der Waals surface area (Å²) in [6.45, 7) is 1.65. The predicted octanol–water partition coefficient (Wildman–Crippen LogP) is 2.81. The first-order chi connectivity index (χ1) is 11.4. The second-order valence-corrected chi connectivity index (χ2v) is 6.05. The van der Waals surface area contributed by atoms with Gasteiger partial charge in [-0.2, -0.15) is 0 Å². The summed E-state index contributed by atoms with van der Waals surface area (Å²) in [5, 5.41) is 11.1. The Kier molecular flexibility index (Phi) is 3.89. The van der Waals surface area contributed by atoms with Crippen LogP contribution in [0.3, 0.4) is 0 Å². The van der Waals surface area contributed by atoms with E-state index in [9.17, 15) is 19.7 Å². The second kappa shape index (κ2) is 5.88. The Hall–Kier alpha value is -3.02. The zero-order chi connectivity index (χ0) is 17.3. The van der Waals surface area contributed by atoms with Gasteiger partial charge in [0, 0.05) is 18.1 Å². The van der Waals surface area contributed by atoms with Crippen molar-refractivity contribution >= 4 is 17.5 Å². The van der Waals surface area contributed by atoms with E-state index in [0.717, 1.165) is 10.5 Å². The minimum absolute atomic E-state index is 0.0660. The number of amides is 2. The van der Waals surface area contributed by atoms with E-state index in [0.29, 0.717) is 5.56 Å². The van der Waals surface area contributed by atoms with E-state index in [1.54, 1.807) is 25.1 Å². The molecule has 0 N–H and O–H groups in total. The summed E-state index contributed by atoms with van der Waals surface area (Å²) in [7, 11) is 0. The summed E-state index contributed by atoms with van der Waals surface area (Å²) in [5.41, 5.74) is 0.100. The SMILES string of the molecule is C[C@]1(c2ccccc2)CC(=O)N(Cc2ccccc2[N+](=O)[O-])C1=O. The van der Waals surface area contributed by atoms with Crippen LogP contribution in [0.15, 0.2) is 54.6 Å². The number of carbonyl (C=O) groups excluding carboxylic acids is 2. The minimum Gasteiger partial charge on any atom is -0.277 e. The van der Waals surface area contributed by atoms with Gasteiger partial charge in [0.15, 0.2) is 0 Å². The highest BCUT2D eigenvalue weighted by Gasteiger charge is 2.49. The third-order valence-corrected chi connectivity index (χ3v) is 4.45. The molecule has 1 aliphatic rings. The first-order valence-corrected chi connectivity index (χ1v) is 7.56. The monoisotopic (exact) mass is 324 g/mol. The van der Waals surface area contributed by atoms with Crippen LogP contribution in [0.2, 0.25) is 0 Å². The Balaban J connectivity index is 1.93. The summed E-state index contributed by atoms with van der Waals surface area (Å²) < 4.78 is 0. The predicted molar refractivity (Wildman–Crippen MR) is 87.1 cm³/mol. The highest BCUT2D eigenvalue weighted by Crippen LogP contribution is 2.37. The molecule has 6 heteroatoms. The van der Waals surface area contributed by atoms with Crippen LogP contribution in [0.1, 0.15) is 24.5 Å². The summed E-state index contributed by atoms with van der Waals surface area (Å²) in [4.78, 5) is 37.0. The van der Waals surface area contributed by atoms with Crippen LogP contribution in [-0.2, 0) is 21.5 Å². The zero-order valence-corrected chi connectivity index (χ0v) is 13.1. The minimum atomic E-state index is -0.929. The fraction of sp³-hybridized carbons (Fsp3) is 0.222. The number of nitrogens with zero attached hydrogens (tertiary/aromatic N) is 2. The van der Waals surface area contributed by atoms with Crippen molar-refractivity contribution in [1.82, 2.24) is 4.90 Å². The maximum absolute atomic E-state index is 12.9. The van der Waals surface area contributed by atoms with Gasteiger partial charge in [-0.3, -0.25) is 24.6 Å². The number of hydrogen-bond donors (Lipinski definition) is 0. The topological polar surface area (TPSA) is 80.5 Å². The molecule has 0 aliphatic carbocycles. The molecule has 2 aromatic carbocycles. The maximum Gasteiger partial charge on any atom is 0.274 e. The highest BCUT2D eigenvalue weighted by atomic mass is 16.6. The molecule has 1 fully saturated rings. The van der Waals surface area contributed by atoms with Gasteiger partial charge in [0.2, 0.25) is 11.8 Å². The van der Waals surface area contributed by atoms with Crippen LogP contribution >= 0.6 is 0 Å². The highest BCUT2D eigenvalue weighted by molar-refractivity contribution is 6.08. The molecule has 2 aromatic rings. The van der Waals surface area contributed by atoms with E-state index in [1.165, 1.54) is 6.07 Å². The van der Waals surface area contributed by atoms with Gasteiger partial charge in [0.05, 0.1) is 16.9 Å². The molecule has 0 radical (unpaired) electrons. The quantitative estimate of drug-likeness (QED) is 0.492. The van der Waals surface area contributed by atoms with Crippen molar-refractivity contribution in [3.8, 4) is 0 Å². The van der Waals surface area contributed by atoms with Crippen LogP contribution in [0, 0.1) is 10.1 Å². The molecule has 1 aliphatic heterocycles. The van der Waals surface area contributed by atoms with Crippen LogP contribution in [-0.4, -0.2) is 21.6 Å². The first-order valence-electron chi connectivity index (χ1n) is 7.56. The molecular weight excluding hydrogens is 308 g/mol. The number of likely N-dealkylation sites (tertiary alicyclic amines) is 1. The number of para-hydroxylation sites is 1. The van der Waals surface area contributed by atoms with Crippen LogP contribution in [0.5, 0.6) is 0 Å². The lowest BCUT2D eigenvalue weighted by molar-refractivity contribution is -0.385. The largest absolute Gasteiger partial charge is 0.277 e. The Bertz CT molecular complexity index is 819. The van der Waals surface area contributed by atoms with Crippen LogP contribution in [0.4, 0.5) is 5.69 Å². The molecular formula is C18H16N2O4. The van der Waals surface area contributed by atoms with Gasteiger partial charge in [-0.25, -0.2) is 0 Å². The van der Waals surface area contributed by atoms with Crippen molar-refractivity contribution in [2.75, 3.05) is 0 Å². The van der Waals surface area contributed by atoms with Gasteiger partial charge in [-0.15, -0.1) is 0 Å². The van der Waals surface area contributed by atoms with Crippen molar-refractivity contribution < 1.29 is 14.5 Å². The van der Waals surface area contributed by atoms with Crippen LogP contribution in [0.25, 0.3) is 0 Å². The third-order valence-electron chi connectivity index (χ3n) is 4.45. The second-order valence-electron chi connectivity index (χ2n) is 6.05. The number of benzene rings is 2. The number of hydrogen-bond acceptors (Lipinski definition) is 4. The standard InChI is InChI=1S/C18H16N2O4/c1-18(14-8-3-2-4-9-14)11-16(21)19(17(18)22)12-13-7-5-6-10-15(13)20(23)24/h2-10H,11-12H2,1H3/t18-/m1/s1. The number of carbonyl (C=O) groups is 2. The van der Waals surface area contributed by atoms with Gasteiger partial charge >= 0.3 is 0 Å². The third kappa shape index (κ3) is 2.56. The Morgan fingerprint density at radius 1 is 1.08 bits per heavy atom. The lowest BCUT2D eigenvalue weighted by atomic mass is 9.81. The fourth-order valence-corrected chi connectivity index (χ4v) is 3.07. The first kappa shape index (κ1) is 15.9. The summed E-state index contributed by atoms with van der Waals surface area (Å²) in [6, 6.07) is 15.3. The summed E-state index contributed by atoms with van der Waals surface area (Å²) >= 11 is 0. The van der Waals surface area contributed by atoms with Crippen molar-refractivity contribution in [3.63, 3.8) is 0 Å². The molecule has 24 heavy (non-hydrogen) atoms. The van der Waals surface area contributed by atoms with Crippen molar-refractivity contribution in [2.24, 2.45) is 0 Å². The Labute approximate surface area is 138 Å². The molecule has 1 heterocycles. The molecule has 0 spiro atoms. The van der Waals surface area contributed by atoms with E-state index >= 15 is 0 Å². The molecule has 1 atom stereocenters. The summed E-state index contributed by atoms with van der Waals surface area (Å²) in [6.07, 6.45) is 0.0660. The average molecular weight is 324 g/mol. The van der Waals surface area contributed by atoms with E-state index in [1.807, 2.05) is 30.3 Å².